The highest BCUT2D eigenvalue weighted by molar-refractivity contribution is 6.35. The number of aliphatic hydroxyl groups is 1. The van der Waals surface area contributed by atoms with Gasteiger partial charge in [-0.1, -0.05) is 23.2 Å². The van der Waals surface area contributed by atoms with E-state index in [9.17, 15) is 9.50 Å². The summed E-state index contributed by atoms with van der Waals surface area (Å²) in [5.41, 5.74) is 2.60. The second kappa shape index (κ2) is 7.24. The lowest BCUT2D eigenvalue weighted by Crippen LogP contribution is -2.30. The Labute approximate surface area is 166 Å². The fraction of sp³-hybridized carbons (Fsp3) is 0.250. The number of hydrogen-bond donors (Lipinski definition) is 1. The van der Waals surface area contributed by atoms with Gasteiger partial charge in [-0.15, -0.1) is 0 Å². The average molecular weight is 407 g/mol. The molecular weight excluding hydrogens is 390 g/mol. The van der Waals surface area contributed by atoms with Crippen molar-refractivity contribution in [2.24, 2.45) is 0 Å². The number of aromatic nitrogens is 1. The minimum absolute atomic E-state index is 0.252. The van der Waals surface area contributed by atoms with E-state index in [1.54, 1.807) is 24.4 Å². The summed E-state index contributed by atoms with van der Waals surface area (Å²) in [7, 11) is 1.89. The first kappa shape index (κ1) is 18.4. The van der Waals surface area contributed by atoms with Gasteiger partial charge in [0.15, 0.2) is 5.76 Å². The maximum Gasteiger partial charge on any atom is 0.209 e. The molecule has 27 heavy (non-hydrogen) atoms. The van der Waals surface area contributed by atoms with Gasteiger partial charge in [0.1, 0.15) is 5.82 Å². The molecule has 0 amide bonds. The molecule has 1 N–H and O–H groups in total. The first-order valence-electron chi connectivity index (χ1n) is 8.49. The maximum atomic E-state index is 13.1. The predicted octanol–water partition coefficient (Wildman–Crippen LogP) is 4.88. The highest BCUT2D eigenvalue weighted by Gasteiger charge is 2.36. The van der Waals surface area contributed by atoms with Gasteiger partial charge in [-0.05, 0) is 54.6 Å². The molecule has 1 aliphatic carbocycles. The highest BCUT2D eigenvalue weighted by Crippen LogP contribution is 2.41. The third-order valence-corrected chi connectivity index (χ3v) is 5.39. The summed E-state index contributed by atoms with van der Waals surface area (Å²) in [4.78, 5) is 6.27. The van der Waals surface area contributed by atoms with Crippen LogP contribution in [0.15, 0.2) is 47.0 Å². The first-order chi connectivity index (χ1) is 12.9. The van der Waals surface area contributed by atoms with Crippen molar-refractivity contribution in [2.45, 2.75) is 25.1 Å². The van der Waals surface area contributed by atoms with E-state index in [1.807, 2.05) is 18.0 Å². The van der Waals surface area contributed by atoms with E-state index in [2.05, 4.69) is 4.98 Å². The molecule has 4 rings (SSSR count). The summed E-state index contributed by atoms with van der Waals surface area (Å²) in [5, 5.41) is 11.7. The summed E-state index contributed by atoms with van der Waals surface area (Å²) in [6.07, 6.45) is 1.50. The molecule has 0 saturated carbocycles. The average Bonchev–Trinajstić information content (AvgIpc) is 3.19. The summed E-state index contributed by atoms with van der Waals surface area (Å²) in [6, 6.07) is 9.33. The molecule has 7 heteroatoms. The number of fused-ring (bicyclic) bond motifs is 1. The monoisotopic (exact) mass is 406 g/mol. The Morgan fingerprint density at radius 3 is 2.74 bits per heavy atom. The van der Waals surface area contributed by atoms with Crippen LogP contribution in [0.5, 0.6) is 0 Å². The SMILES string of the molecule is CN(Cc1ncc(-c2ccc(F)cc2)o1)[C@@H]1c2cc(Cl)cc(Cl)c2C[C@H]1O. The maximum absolute atomic E-state index is 13.1. The normalized spacial score (nSPS) is 18.9. The number of aliphatic hydroxyl groups excluding tert-OH is 1. The summed E-state index contributed by atoms with van der Waals surface area (Å²) < 4.78 is 18.9. The molecule has 0 spiro atoms. The molecule has 1 aromatic heterocycles. The van der Waals surface area contributed by atoms with E-state index in [0.29, 0.717) is 34.7 Å². The van der Waals surface area contributed by atoms with E-state index in [-0.39, 0.29) is 11.9 Å². The Morgan fingerprint density at radius 1 is 1.26 bits per heavy atom. The minimum atomic E-state index is -0.590. The lowest BCUT2D eigenvalue weighted by atomic mass is 10.1. The molecule has 0 bridgehead atoms. The molecule has 0 fully saturated rings. The van der Waals surface area contributed by atoms with Crippen LogP contribution in [0.2, 0.25) is 10.0 Å². The topological polar surface area (TPSA) is 49.5 Å². The molecule has 0 saturated heterocycles. The van der Waals surface area contributed by atoms with E-state index in [1.165, 1.54) is 12.1 Å². The van der Waals surface area contributed by atoms with Gasteiger partial charge >= 0.3 is 0 Å². The first-order valence-corrected chi connectivity index (χ1v) is 9.24. The molecule has 4 nitrogen and oxygen atoms in total. The molecule has 0 radical (unpaired) electrons. The van der Waals surface area contributed by atoms with E-state index in [0.717, 1.165) is 16.7 Å². The third-order valence-electron chi connectivity index (χ3n) is 4.83. The molecule has 0 aliphatic heterocycles. The minimum Gasteiger partial charge on any atom is -0.439 e. The van der Waals surface area contributed by atoms with Crippen molar-refractivity contribution in [2.75, 3.05) is 7.05 Å². The van der Waals surface area contributed by atoms with Gasteiger partial charge in [0, 0.05) is 22.0 Å². The number of hydrogen-bond acceptors (Lipinski definition) is 4. The van der Waals surface area contributed by atoms with Crippen LogP contribution in [0.25, 0.3) is 11.3 Å². The van der Waals surface area contributed by atoms with Gasteiger partial charge in [0.25, 0.3) is 0 Å². The van der Waals surface area contributed by atoms with E-state index in [4.69, 9.17) is 27.6 Å². The van der Waals surface area contributed by atoms with Crippen molar-refractivity contribution < 1.29 is 13.9 Å². The lowest BCUT2D eigenvalue weighted by Gasteiger charge is -2.26. The number of benzene rings is 2. The van der Waals surface area contributed by atoms with Crippen molar-refractivity contribution in [3.05, 3.63) is 75.5 Å². The van der Waals surface area contributed by atoms with E-state index >= 15 is 0 Å². The van der Waals surface area contributed by atoms with Gasteiger partial charge < -0.3 is 9.52 Å². The van der Waals surface area contributed by atoms with Gasteiger partial charge in [-0.25, -0.2) is 9.37 Å². The van der Waals surface area contributed by atoms with Crippen molar-refractivity contribution in [3.63, 3.8) is 0 Å². The quantitative estimate of drug-likeness (QED) is 0.670. The molecule has 0 unspecified atom stereocenters. The Morgan fingerprint density at radius 2 is 2.00 bits per heavy atom. The third kappa shape index (κ3) is 3.60. The van der Waals surface area contributed by atoms with Crippen LogP contribution in [0.3, 0.4) is 0 Å². The van der Waals surface area contributed by atoms with Crippen LogP contribution in [0, 0.1) is 5.82 Å². The Balaban J connectivity index is 1.55. The summed E-state index contributed by atoms with van der Waals surface area (Å²) in [6.45, 7) is 0.395. The Kier molecular flexibility index (Phi) is 4.95. The van der Waals surface area contributed by atoms with Gasteiger partial charge in [-0.3, -0.25) is 4.90 Å². The summed E-state index contributed by atoms with van der Waals surface area (Å²) in [5.74, 6) is 0.770. The second-order valence-electron chi connectivity index (χ2n) is 6.71. The number of nitrogens with zero attached hydrogens (tertiary/aromatic N) is 2. The molecule has 3 aromatic rings. The number of likely N-dealkylation sites (N-methyl/N-ethyl adjacent to an activating group) is 1. The molecule has 140 valence electrons. The Hall–Kier alpha value is -1.92. The van der Waals surface area contributed by atoms with Crippen molar-refractivity contribution in [3.8, 4) is 11.3 Å². The second-order valence-corrected chi connectivity index (χ2v) is 7.56. The van der Waals surface area contributed by atoms with Crippen LogP contribution in [-0.4, -0.2) is 28.1 Å². The fourth-order valence-electron chi connectivity index (χ4n) is 3.60. The van der Waals surface area contributed by atoms with Crippen molar-refractivity contribution in [1.29, 1.82) is 0 Å². The smallest absolute Gasteiger partial charge is 0.209 e. The molecule has 1 aliphatic rings. The van der Waals surface area contributed by atoms with Gasteiger partial charge in [0.2, 0.25) is 5.89 Å². The zero-order valence-corrected chi connectivity index (χ0v) is 16.0. The van der Waals surface area contributed by atoms with Crippen LogP contribution in [0.1, 0.15) is 23.1 Å². The Bertz CT molecular complexity index is 975. The number of halogens is 3. The van der Waals surface area contributed by atoms with Crippen LogP contribution in [0.4, 0.5) is 4.39 Å². The van der Waals surface area contributed by atoms with Crippen LogP contribution >= 0.6 is 23.2 Å². The lowest BCUT2D eigenvalue weighted by molar-refractivity contribution is 0.0681. The van der Waals surface area contributed by atoms with Crippen LogP contribution < -0.4 is 0 Å². The number of oxazole rings is 1. The fourth-order valence-corrected chi connectivity index (χ4v) is 4.19. The zero-order chi connectivity index (χ0) is 19.1. The van der Waals surface area contributed by atoms with Crippen molar-refractivity contribution in [1.82, 2.24) is 9.88 Å². The summed E-state index contributed by atoms with van der Waals surface area (Å²) >= 11 is 12.4. The van der Waals surface area contributed by atoms with Gasteiger partial charge in [0.05, 0.1) is 24.9 Å². The van der Waals surface area contributed by atoms with Crippen molar-refractivity contribution >= 4 is 23.2 Å². The highest BCUT2D eigenvalue weighted by atomic mass is 35.5. The van der Waals surface area contributed by atoms with E-state index < -0.39 is 6.10 Å². The largest absolute Gasteiger partial charge is 0.439 e. The molecular formula is C20H17Cl2FN2O2. The predicted molar refractivity (Wildman–Crippen MR) is 102 cm³/mol. The molecule has 1 heterocycles. The zero-order valence-electron chi connectivity index (χ0n) is 14.5. The molecule has 2 atom stereocenters. The van der Waals surface area contributed by atoms with Crippen LogP contribution in [-0.2, 0) is 13.0 Å². The number of rotatable bonds is 4. The molecule has 2 aromatic carbocycles. The standard InChI is InChI=1S/C20H17Cl2FN2O2/c1-25(20-15-6-12(21)7-16(22)14(15)8-17(20)26)10-19-24-9-18(27-19)11-2-4-13(23)5-3-11/h2-7,9,17,20,26H,8,10H2,1H3/t17-,20-/m1/s1. The van der Waals surface area contributed by atoms with Gasteiger partial charge in [-0.2, -0.15) is 0 Å².